The molecule has 2 rings (SSSR count). The highest BCUT2D eigenvalue weighted by molar-refractivity contribution is 5.79. The zero-order valence-electron chi connectivity index (χ0n) is 13.1. The Morgan fingerprint density at radius 2 is 2.00 bits per heavy atom. The first-order valence-electron chi connectivity index (χ1n) is 7.50. The van der Waals surface area contributed by atoms with E-state index < -0.39 is 0 Å². The van der Waals surface area contributed by atoms with Crippen molar-refractivity contribution in [3.8, 4) is 0 Å². The molecule has 0 unspecified atom stereocenters. The molecule has 1 aliphatic heterocycles. The Kier molecular flexibility index (Phi) is 4.48. The van der Waals surface area contributed by atoms with Crippen LogP contribution in [-0.4, -0.2) is 30.4 Å². The van der Waals surface area contributed by atoms with Gasteiger partial charge in [-0.1, -0.05) is 31.2 Å². The lowest BCUT2D eigenvalue weighted by molar-refractivity contribution is -0.127. The van der Waals surface area contributed by atoms with E-state index >= 15 is 0 Å². The fourth-order valence-corrected chi connectivity index (χ4v) is 2.81. The van der Waals surface area contributed by atoms with Crippen LogP contribution >= 0.6 is 0 Å². The molecule has 3 nitrogen and oxygen atoms in total. The van der Waals surface area contributed by atoms with Gasteiger partial charge < -0.3 is 10.2 Å². The molecule has 1 N–H and O–H groups in total. The van der Waals surface area contributed by atoms with Gasteiger partial charge in [-0.2, -0.15) is 0 Å². The van der Waals surface area contributed by atoms with Gasteiger partial charge in [-0.15, -0.1) is 0 Å². The van der Waals surface area contributed by atoms with Gasteiger partial charge >= 0.3 is 0 Å². The van der Waals surface area contributed by atoms with E-state index in [4.69, 9.17) is 0 Å². The molecular formula is C17H26N2O. The largest absolute Gasteiger partial charge is 0.347 e. The van der Waals surface area contributed by atoms with Crippen LogP contribution in [0.3, 0.4) is 0 Å². The Bertz CT molecular complexity index is 478. The van der Waals surface area contributed by atoms with Crippen molar-refractivity contribution < 1.29 is 4.79 Å². The van der Waals surface area contributed by atoms with Gasteiger partial charge in [0, 0.05) is 12.5 Å². The topological polar surface area (TPSA) is 32.3 Å². The molecule has 1 amide bonds. The maximum atomic E-state index is 12.4. The summed E-state index contributed by atoms with van der Waals surface area (Å²) in [6.07, 6.45) is 1.27. The summed E-state index contributed by atoms with van der Waals surface area (Å²) >= 11 is 0. The molecule has 0 spiro atoms. The molecule has 1 fully saturated rings. The fourth-order valence-electron chi connectivity index (χ4n) is 2.81. The van der Waals surface area contributed by atoms with Crippen LogP contribution in [0, 0.1) is 12.8 Å². The molecule has 0 radical (unpaired) electrons. The molecule has 0 bridgehead atoms. The van der Waals surface area contributed by atoms with Crippen molar-refractivity contribution in [3.05, 3.63) is 35.4 Å². The van der Waals surface area contributed by atoms with Gasteiger partial charge in [0.05, 0.1) is 5.54 Å². The maximum Gasteiger partial charge on any atom is 0.224 e. The van der Waals surface area contributed by atoms with Crippen LogP contribution in [0.25, 0.3) is 0 Å². The van der Waals surface area contributed by atoms with Crippen LogP contribution in [0.15, 0.2) is 24.3 Å². The Morgan fingerprint density at radius 1 is 1.35 bits per heavy atom. The van der Waals surface area contributed by atoms with Crippen molar-refractivity contribution in [2.45, 2.75) is 39.7 Å². The second kappa shape index (κ2) is 5.96. The van der Waals surface area contributed by atoms with Gasteiger partial charge in [0.1, 0.15) is 0 Å². The van der Waals surface area contributed by atoms with E-state index in [0.29, 0.717) is 0 Å². The minimum atomic E-state index is -0.328. The third kappa shape index (κ3) is 3.40. The number of benzene rings is 1. The van der Waals surface area contributed by atoms with Crippen LogP contribution in [-0.2, 0) is 10.3 Å². The second-order valence-corrected chi connectivity index (χ2v) is 6.48. The highest BCUT2D eigenvalue weighted by Gasteiger charge is 2.28. The van der Waals surface area contributed by atoms with Crippen molar-refractivity contribution >= 4 is 5.91 Å². The van der Waals surface area contributed by atoms with E-state index in [2.05, 4.69) is 43.1 Å². The molecule has 3 heteroatoms. The van der Waals surface area contributed by atoms with Crippen molar-refractivity contribution in [3.63, 3.8) is 0 Å². The molecule has 0 aliphatic carbocycles. The van der Waals surface area contributed by atoms with Crippen LogP contribution in [0.4, 0.5) is 0 Å². The van der Waals surface area contributed by atoms with E-state index in [1.54, 1.807) is 0 Å². The lowest BCUT2D eigenvalue weighted by Gasteiger charge is -2.34. The first-order chi connectivity index (χ1) is 9.40. The van der Waals surface area contributed by atoms with E-state index in [0.717, 1.165) is 19.6 Å². The number of rotatable bonds is 5. The first kappa shape index (κ1) is 15.0. The average Bonchev–Trinajstić information content (AvgIpc) is 2.33. The van der Waals surface area contributed by atoms with Gasteiger partial charge in [-0.05, 0) is 51.4 Å². The quantitative estimate of drug-likeness (QED) is 0.895. The smallest absolute Gasteiger partial charge is 0.224 e. The molecule has 0 aromatic heterocycles. The van der Waals surface area contributed by atoms with Gasteiger partial charge in [0.2, 0.25) is 5.91 Å². The fraction of sp³-hybridized carbons (Fsp3) is 0.588. The van der Waals surface area contributed by atoms with Crippen LogP contribution < -0.4 is 5.32 Å². The van der Waals surface area contributed by atoms with Crippen molar-refractivity contribution in [1.82, 2.24) is 10.2 Å². The lowest BCUT2D eigenvalue weighted by Crippen LogP contribution is -2.48. The number of nitrogens with one attached hydrogen (secondary N) is 1. The summed E-state index contributed by atoms with van der Waals surface area (Å²) in [7, 11) is 0. The molecule has 1 aromatic rings. The third-order valence-electron chi connectivity index (χ3n) is 4.18. The number of amides is 1. The van der Waals surface area contributed by atoms with Crippen LogP contribution in [0.5, 0.6) is 0 Å². The maximum absolute atomic E-state index is 12.4. The van der Waals surface area contributed by atoms with E-state index in [-0.39, 0.29) is 17.4 Å². The predicted molar refractivity (Wildman–Crippen MR) is 82.6 cm³/mol. The summed E-state index contributed by atoms with van der Waals surface area (Å²) in [5.74, 6) is 0.184. The number of hydrogen-bond donors (Lipinski definition) is 1. The predicted octanol–water partition coefficient (Wildman–Crippen LogP) is 2.69. The Labute approximate surface area is 122 Å². The molecular weight excluding hydrogens is 248 g/mol. The van der Waals surface area contributed by atoms with Crippen molar-refractivity contribution in [2.24, 2.45) is 5.92 Å². The molecule has 1 saturated heterocycles. The Balaban J connectivity index is 1.99. The highest BCUT2D eigenvalue weighted by Crippen LogP contribution is 2.24. The van der Waals surface area contributed by atoms with E-state index in [1.165, 1.54) is 17.5 Å². The highest BCUT2D eigenvalue weighted by atomic mass is 16.2. The molecule has 20 heavy (non-hydrogen) atoms. The van der Waals surface area contributed by atoms with Crippen molar-refractivity contribution in [1.29, 1.82) is 0 Å². The van der Waals surface area contributed by atoms with Gasteiger partial charge in [-0.3, -0.25) is 4.79 Å². The van der Waals surface area contributed by atoms with E-state index in [1.807, 2.05) is 19.1 Å². The minimum Gasteiger partial charge on any atom is -0.347 e. The summed E-state index contributed by atoms with van der Waals surface area (Å²) in [6.45, 7) is 11.4. The van der Waals surface area contributed by atoms with Gasteiger partial charge in [-0.25, -0.2) is 0 Å². The van der Waals surface area contributed by atoms with Gasteiger partial charge in [0.15, 0.2) is 0 Å². The second-order valence-electron chi connectivity index (χ2n) is 6.48. The zero-order chi connectivity index (χ0) is 14.8. The normalized spacial score (nSPS) is 17.4. The number of carbonyl (C=O) groups excluding carboxylic acids is 1. The lowest BCUT2D eigenvalue weighted by atomic mass is 9.90. The van der Waals surface area contributed by atoms with Crippen LogP contribution in [0.2, 0.25) is 0 Å². The van der Waals surface area contributed by atoms with Crippen molar-refractivity contribution in [2.75, 3.05) is 19.6 Å². The summed E-state index contributed by atoms with van der Waals surface area (Å²) in [5, 5.41) is 3.20. The molecule has 0 saturated carbocycles. The SMILES string of the molecule is Cc1ccccc1C(C)(C)NC(=O)[C@H](C)CN1CCC1. The molecule has 1 heterocycles. The summed E-state index contributed by atoms with van der Waals surface area (Å²) in [4.78, 5) is 14.7. The third-order valence-corrected chi connectivity index (χ3v) is 4.18. The minimum absolute atomic E-state index is 0.0404. The van der Waals surface area contributed by atoms with Crippen LogP contribution in [0.1, 0.15) is 38.3 Å². The summed E-state index contributed by atoms with van der Waals surface area (Å²) in [5.41, 5.74) is 2.07. The Morgan fingerprint density at radius 3 is 2.55 bits per heavy atom. The number of carbonyl (C=O) groups is 1. The molecule has 1 aromatic carbocycles. The molecule has 1 aliphatic rings. The Hall–Kier alpha value is -1.35. The van der Waals surface area contributed by atoms with Gasteiger partial charge in [0.25, 0.3) is 0 Å². The number of aryl methyl sites for hydroxylation is 1. The number of likely N-dealkylation sites (tertiary alicyclic amines) is 1. The van der Waals surface area contributed by atoms with E-state index in [9.17, 15) is 4.79 Å². The zero-order valence-corrected chi connectivity index (χ0v) is 13.1. The number of hydrogen-bond acceptors (Lipinski definition) is 2. The standard InChI is InChI=1S/C17H26N2O/c1-13-8-5-6-9-15(13)17(3,4)18-16(20)14(2)12-19-10-7-11-19/h5-6,8-9,14H,7,10-12H2,1-4H3,(H,18,20)/t14-/m1/s1. The summed E-state index contributed by atoms with van der Waals surface area (Å²) in [6, 6.07) is 8.24. The molecule has 110 valence electrons. The first-order valence-corrected chi connectivity index (χ1v) is 7.50. The molecule has 1 atom stereocenters. The average molecular weight is 274 g/mol. The summed E-state index contributed by atoms with van der Waals surface area (Å²) < 4.78 is 0. The number of nitrogens with zero attached hydrogens (tertiary/aromatic N) is 1. The monoisotopic (exact) mass is 274 g/mol.